The number of thiophene rings is 1. The molecule has 0 aliphatic carbocycles. The molecule has 1 atom stereocenters. The van der Waals surface area contributed by atoms with Crippen LogP contribution in [-0.4, -0.2) is 11.0 Å². The molecule has 0 saturated carbocycles. The molecule has 90 valence electrons. The summed E-state index contributed by atoms with van der Waals surface area (Å²) in [5.74, 6) is 0.796. The maximum Gasteiger partial charge on any atom is 0.138 e. The Kier molecular flexibility index (Phi) is 4.12. The summed E-state index contributed by atoms with van der Waals surface area (Å²) in [6.45, 7) is 2.57. The average molecular weight is 248 g/mol. The van der Waals surface area contributed by atoms with Gasteiger partial charge in [0.15, 0.2) is 0 Å². The average Bonchev–Trinajstić information content (AvgIpc) is 2.80. The lowest BCUT2D eigenvalue weighted by molar-refractivity contribution is 0.305. The maximum atomic E-state index is 5.72. The summed E-state index contributed by atoms with van der Waals surface area (Å²) < 4.78 is 5.62. The van der Waals surface area contributed by atoms with E-state index >= 15 is 0 Å². The molecule has 0 radical (unpaired) electrons. The Morgan fingerprint density at radius 2 is 2.29 bits per heavy atom. The molecule has 0 amide bonds. The van der Waals surface area contributed by atoms with E-state index < -0.39 is 0 Å². The van der Waals surface area contributed by atoms with Crippen LogP contribution in [0.5, 0.6) is 5.75 Å². The molecule has 0 saturated heterocycles. The second-order valence-electron chi connectivity index (χ2n) is 4.09. The van der Waals surface area contributed by atoms with Gasteiger partial charge in [-0.1, -0.05) is 0 Å². The van der Waals surface area contributed by atoms with Crippen LogP contribution in [0, 0.1) is 0 Å². The molecule has 3 nitrogen and oxygen atoms in total. The van der Waals surface area contributed by atoms with Crippen molar-refractivity contribution in [2.24, 2.45) is 5.73 Å². The number of pyridine rings is 1. The van der Waals surface area contributed by atoms with Crippen LogP contribution in [0.25, 0.3) is 0 Å². The third-order valence-electron chi connectivity index (χ3n) is 2.31. The molecule has 2 aromatic heterocycles. The minimum atomic E-state index is 0.139. The van der Waals surface area contributed by atoms with E-state index in [1.165, 1.54) is 5.56 Å². The Morgan fingerprint density at radius 1 is 1.41 bits per heavy atom. The number of hydrogen-bond acceptors (Lipinski definition) is 4. The number of nitrogens with zero attached hydrogens (tertiary/aromatic N) is 1. The van der Waals surface area contributed by atoms with Crippen molar-refractivity contribution in [3.05, 3.63) is 46.4 Å². The molecule has 0 spiro atoms. The number of aromatic nitrogens is 1. The van der Waals surface area contributed by atoms with Crippen molar-refractivity contribution in [2.45, 2.75) is 26.0 Å². The fourth-order valence-corrected chi connectivity index (χ4v) is 2.14. The summed E-state index contributed by atoms with van der Waals surface area (Å²) in [5, 5.41) is 4.13. The summed E-state index contributed by atoms with van der Waals surface area (Å²) in [6, 6.07) is 6.10. The molecule has 2 aromatic rings. The topological polar surface area (TPSA) is 48.1 Å². The van der Waals surface area contributed by atoms with E-state index in [9.17, 15) is 0 Å². The quantitative estimate of drug-likeness (QED) is 0.884. The third kappa shape index (κ3) is 3.84. The first-order chi connectivity index (χ1) is 8.24. The van der Waals surface area contributed by atoms with Crippen LogP contribution in [0.1, 0.15) is 18.2 Å². The van der Waals surface area contributed by atoms with E-state index in [1.54, 1.807) is 17.5 Å². The van der Waals surface area contributed by atoms with E-state index in [1.807, 2.05) is 24.4 Å². The second-order valence-corrected chi connectivity index (χ2v) is 4.87. The number of ether oxygens (including phenoxy) is 1. The Balaban J connectivity index is 1.89. The normalized spacial score (nSPS) is 12.4. The van der Waals surface area contributed by atoms with Crippen LogP contribution in [0.4, 0.5) is 0 Å². The van der Waals surface area contributed by atoms with Crippen LogP contribution in [-0.2, 0) is 13.0 Å². The third-order valence-corrected chi connectivity index (χ3v) is 3.05. The van der Waals surface area contributed by atoms with Crippen molar-refractivity contribution in [3.63, 3.8) is 0 Å². The smallest absolute Gasteiger partial charge is 0.138 e. The lowest BCUT2D eigenvalue weighted by Gasteiger charge is -2.07. The summed E-state index contributed by atoms with van der Waals surface area (Å²) in [5.41, 5.74) is 7.91. The molecule has 0 aliphatic rings. The Bertz CT molecular complexity index is 437. The fourth-order valence-electron chi connectivity index (χ4n) is 1.49. The van der Waals surface area contributed by atoms with Crippen molar-refractivity contribution in [1.29, 1.82) is 0 Å². The summed E-state index contributed by atoms with van der Waals surface area (Å²) in [4.78, 5) is 4.32. The molecule has 17 heavy (non-hydrogen) atoms. The fraction of sp³-hybridized carbons (Fsp3) is 0.308. The van der Waals surface area contributed by atoms with Crippen molar-refractivity contribution in [3.8, 4) is 5.75 Å². The zero-order valence-electron chi connectivity index (χ0n) is 9.80. The molecule has 4 heteroatoms. The monoisotopic (exact) mass is 248 g/mol. The predicted octanol–water partition coefficient (Wildman–Crippen LogP) is 2.61. The maximum absolute atomic E-state index is 5.72. The highest BCUT2D eigenvalue weighted by atomic mass is 32.1. The predicted molar refractivity (Wildman–Crippen MR) is 70.2 cm³/mol. The first kappa shape index (κ1) is 12.1. The molecule has 2 N–H and O–H groups in total. The Hall–Kier alpha value is -1.39. The van der Waals surface area contributed by atoms with E-state index in [2.05, 4.69) is 16.4 Å². The first-order valence-corrected chi connectivity index (χ1v) is 6.52. The van der Waals surface area contributed by atoms with Gasteiger partial charge in [0.25, 0.3) is 0 Å². The highest BCUT2D eigenvalue weighted by Crippen LogP contribution is 2.13. The highest BCUT2D eigenvalue weighted by molar-refractivity contribution is 7.07. The Labute approximate surface area is 105 Å². The number of hydrogen-bond donors (Lipinski definition) is 1. The SMILES string of the molecule is CC(N)Cc1ccc(OCc2ccsc2)cn1. The standard InChI is InChI=1S/C13H16N2OS/c1-10(14)6-12-2-3-13(7-15-12)16-8-11-4-5-17-9-11/h2-5,7,9-10H,6,8,14H2,1H3. The van der Waals surface area contributed by atoms with E-state index in [0.717, 1.165) is 17.9 Å². The van der Waals surface area contributed by atoms with Gasteiger partial charge in [-0.3, -0.25) is 4.98 Å². The second kappa shape index (κ2) is 5.80. The van der Waals surface area contributed by atoms with Gasteiger partial charge in [0, 0.05) is 18.2 Å². The van der Waals surface area contributed by atoms with Gasteiger partial charge in [-0.05, 0) is 41.4 Å². The molecule has 0 aliphatic heterocycles. The molecular weight excluding hydrogens is 232 g/mol. The molecule has 0 fully saturated rings. The van der Waals surface area contributed by atoms with Gasteiger partial charge >= 0.3 is 0 Å². The largest absolute Gasteiger partial charge is 0.487 e. The van der Waals surface area contributed by atoms with Crippen molar-refractivity contribution in [1.82, 2.24) is 4.98 Å². The van der Waals surface area contributed by atoms with Crippen LogP contribution in [0.2, 0.25) is 0 Å². The minimum absolute atomic E-state index is 0.139. The zero-order valence-corrected chi connectivity index (χ0v) is 10.6. The lowest BCUT2D eigenvalue weighted by atomic mass is 10.2. The van der Waals surface area contributed by atoms with E-state index in [-0.39, 0.29) is 6.04 Å². The summed E-state index contributed by atoms with van der Waals surface area (Å²) in [6.07, 6.45) is 2.55. The van der Waals surface area contributed by atoms with Gasteiger partial charge in [-0.2, -0.15) is 11.3 Å². The van der Waals surface area contributed by atoms with Gasteiger partial charge in [0.05, 0.1) is 6.20 Å². The molecule has 2 heterocycles. The van der Waals surface area contributed by atoms with Crippen LogP contribution < -0.4 is 10.5 Å². The van der Waals surface area contributed by atoms with Crippen molar-refractivity contribution >= 4 is 11.3 Å². The summed E-state index contributed by atoms with van der Waals surface area (Å²) >= 11 is 1.67. The van der Waals surface area contributed by atoms with Crippen LogP contribution in [0.3, 0.4) is 0 Å². The lowest BCUT2D eigenvalue weighted by Crippen LogP contribution is -2.18. The molecule has 0 bridgehead atoms. The zero-order chi connectivity index (χ0) is 12.1. The van der Waals surface area contributed by atoms with Gasteiger partial charge in [0.2, 0.25) is 0 Å². The molecule has 2 rings (SSSR count). The van der Waals surface area contributed by atoms with Crippen molar-refractivity contribution < 1.29 is 4.74 Å². The Morgan fingerprint density at radius 3 is 2.88 bits per heavy atom. The highest BCUT2D eigenvalue weighted by Gasteiger charge is 2.01. The number of rotatable bonds is 5. The number of nitrogens with two attached hydrogens (primary N) is 1. The van der Waals surface area contributed by atoms with E-state index in [4.69, 9.17) is 10.5 Å². The van der Waals surface area contributed by atoms with Crippen LogP contribution >= 0.6 is 11.3 Å². The van der Waals surface area contributed by atoms with Gasteiger partial charge in [-0.25, -0.2) is 0 Å². The first-order valence-electron chi connectivity index (χ1n) is 5.58. The molecular formula is C13H16N2OS. The summed E-state index contributed by atoms with van der Waals surface area (Å²) in [7, 11) is 0. The van der Waals surface area contributed by atoms with Crippen molar-refractivity contribution in [2.75, 3.05) is 0 Å². The van der Waals surface area contributed by atoms with Gasteiger partial charge < -0.3 is 10.5 Å². The minimum Gasteiger partial charge on any atom is -0.487 e. The van der Waals surface area contributed by atoms with E-state index in [0.29, 0.717) is 6.61 Å². The van der Waals surface area contributed by atoms with Crippen LogP contribution in [0.15, 0.2) is 35.2 Å². The van der Waals surface area contributed by atoms with Gasteiger partial charge in [0.1, 0.15) is 12.4 Å². The molecule has 1 unspecified atom stereocenters. The van der Waals surface area contributed by atoms with Gasteiger partial charge in [-0.15, -0.1) is 0 Å². The molecule has 0 aromatic carbocycles.